The molecule has 0 aromatic heterocycles. The summed E-state index contributed by atoms with van der Waals surface area (Å²) in [5, 5.41) is 0. The molecule has 114 valence electrons. The lowest BCUT2D eigenvalue weighted by molar-refractivity contribution is 0.0605. The van der Waals surface area contributed by atoms with Crippen LogP contribution in [0.4, 0.5) is 0 Å². The first kappa shape index (κ1) is 13.8. The van der Waals surface area contributed by atoms with Crippen molar-refractivity contribution in [3.05, 3.63) is 35.4 Å². The van der Waals surface area contributed by atoms with Gasteiger partial charge in [-0.25, -0.2) is 0 Å². The minimum absolute atomic E-state index is 0.216. The first-order valence-corrected chi connectivity index (χ1v) is 8.86. The van der Waals surface area contributed by atoms with E-state index in [-0.39, 0.29) is 5.54 Å². The highest BCUT2D eigenvalue weighted by Crippen LogP contribution is 2.43. The van der Waals surface area contributed by atoms with Crippen molar-refractivity contribution in [3.8, 4) is 0 Å². The van der Waals surface area contributed by atoms with Gasteiger partial charge in [0.1, 0.15) is 0 Å². The fourth-order valence-electron chi connectivity index (χ4n) is 5.35. The fourth-order valence-corrected chi connectivity index (χ4v) is 5.35. The van der Waals surface area contributed by atoms with E-state index in [1.165, 1.54) is 57.9 Å². The van der Waals surface area contributed by atoms with Gasteiger partial charge in [0, 0.05) is 18.1 Å². The number of likely N-dealkylation sites (tertiary alicyclic amines) is 1. The van der Waals surface area contributed by atoms with Crippen molar-refractivity contribution in [1.82, 2.24) is 4.90 Å². The van der Waals surface area contributed by atoms with Crippen LogP contribution >= 0.6 is 0 Å². The number of nitrogens with zero attached hydrogens (tertiary/aromatic N) is 1. The third kappa shape index (κ3) is 2.24. The molecule has 1 atom stereocenters. The average Bonchev–Trinajstić information content (AvgIpc) is 3.24. The molecule has 0 spiro atoms. The van der Waals surface area contributed by atoms with Gasteiger partial charge in [-0.05, 0) is 62.1 Å². The maximum atomic E-state index is 6.35. The van der Waals surface area contributed by atoms with Gasteiger partial charge in [0.25, 0.3) is 0 Å². The van der Waals surface area contributed by atoms with Crippen LogP contribution in [0.5, 0.6) is 0 Å². The van der Waals surface area contributed by atoms with Crippen LogP contribution in [0.1, 0.15) is 49.7 Å². The highest BCUT2D eigenvalue weighted by Gasteiger charge is 2.47. The molecule has 1 heterocycles. The molecule has 0 radical (unpaired) electrons. The second-order valence-corrected chi connectivity index (χ2v) is 7.50. The van der Waals surface area contributed by atoms with E-state index in [4.69, 9.17) is 5.73 Å². The van der Waals surface area contributed by atoms with Crippen molar-refractivity contribution in [3.63, 3.8) is 0 Å². The van der Waals surface area contributed by atoms with Crippen LogP contribution in [0.3, 0.4) is 0 Å². The summed E-state index contributed by atoms with van der Waals surface area (Å²) in [4.78, 5) is 2.85. The molecule has 1 aromatic carbocycles. The monoisotopic (exact) mass is 284 g/mol. The molecule has 2 N–H and O–H groups in total. The lowest BCUT2D eigenvalue weighted by atomic mass is 9.88. The molecule has 0 bridgehead atoms. The van der Waals surface area contributed by atoms with E-state index in [2.05, 4.69) is 29.2 Å². The SMILES string of the molecule is NCC1(N2CCCC2C2CCCC2)Cc2ccccc2C1. The zero-order valence-corrected chi connectivity index (χ0v) is 13.1. The second kappa shape index (κ2) is 5.40. The van der Waals surface area contributed by atoms with E-state index in [0.29, 0.717) is 0 Å². The van der Waals surface area contributed by atoms with Crippen LogP contribution in [-0.2, 0) is 12.8 Å². The Morgan fingerprint density at radius 3 is 2.29 bits per heavy atom. The molecular weight excluding hydrogens is 256 g/mol. The second-order valence-electron chi connectivity index (χ2n) is 7.50. The van der Waals surface area contributed by atoms with Gasteiger partial charge in [0.15, 0.2) is 0 Å². The topological polar surface area (TPSA) is 29.3 Å². The fraction of sp³-hybridized carbons (Fsp3) is 0.684. The number of hydrogen-bond donors (Lipinski definition) is 1. The van der Waals surface area contributed by atoms with E-state index in [9.17, 15) is 0 Å². The Morgan fingerprint density at radius 2 is 1.67 bits per heavy atom. The maximum Gasteiger partial charge on any atom is 0.0415 e. The summed E-state index contributed by atoms with van der Waals surface area (Å²) in [6.45, 7) is 2.08. The lowest BCUT2D eigenvalue weighted by Gasteiger charge is -2.44. The van der Waals surface area contributed by atoms with Gasteiger partial charge in [0.2, 0.25) is 0 Å². The number of nitrogens with two attached hydrogens (primary N) is 1. The Balaban J connectivity index is 1.61. The number of fused-ring (bicyclic) bond motifs is 1. The third-order valence-electron chi connectivity index (χ3n) is 6.39. The van der Waals surface area contributed by atoms with Gasteiger partial charge in [-0.15, -0.1) is 0 Å². The van der Waals surface area contributed by atoms with Crippen LogP contribution in [0, 0.1) is 5.92 Å². The lowest BCUT2D eigenvalue weighted by Crippen LogP contribution is -2.57. The summed E-state index contributed by atoms with van der Waals surface area (Å²) in [5.41, 5.74) is 9.65. The quantitative estimate of drug-likeness (QED) is 0.924. The van der Waals surface area contributed by atoms with Gasteiger partial charge >= 0.3 is 0 Å². The third-order valence-corrected chi connectivity index (χ3v) is 6.39. The Bertz CT molecular complexity index is 479. The highest BCUT2D eigenvalue weighted by atomic mass is 15.3. The first-order valence-electron chi connectivity index (χ1n) is 8.86. The van der Waals surface area contributed by atoms with E-state index in [1.54, 1.807) is 11.1 Å². The average molecular weight is 284 g/mol. The Morgan fingerprint density at radius 1 is 1.00 bits per heavy atom. The van der Waals surface area contributed by atoms with Crippen molar-refractivity contribution in [1.29, 1.82) is 0 Å². The molecular formula is C19H28N2. The number of hydrogen-bond acceptors (Lipinski definition) is 2. The largest absolute Gasteiger partial charge is 0.329 e. The summed E-state index contributed by atoms with van der Waals surface area (Å²) in [6.07, 6.45) is 10.9. The minimum atomic E-state index is 0.216. The van der Waals surface area contributed by atoms with Crippen LogP contribution < -0.4 is 5.73 Å². The van der Waals surface area contributed by atoms with Gasteiger partial charge in [0.05, 0.1) is 0 Å². The summed E-state index contributed by atoms with van der Waals surface area (Å²) in [6, 6.07) is 9.81. The molecule has 4 rings (SSSR count). The predicted octanol–water partition coefficient (Wildman–Crippen LogP) is 3.14. The molecule has 1 unspecified atom stereocenters. The summed E-state index contributed by atoms with van der Waals surface area (Å²) >= 11 is 0. The molecule has 2 aliphatic carbocycles. The highest BCUT2D eigenvalue weighted by molar-refractivity contribution is 5.37. The zero-order valence-electron chi connectivity index (χ0n) is 13.1. The van der Waals surface area contributed by atoms with E-state index >= 15 is 0 Å². The van der Waals surface area contributed by atoms with Crippen LogP contribution in [0.25, 0.3) is 0 Å². The van der Waals surface area contributed by atoms with E-state index < -0.39 is 0 Å². The van der Waals surface area contributed by atoms with Crippen molar-refractivity contribution in [2.24, 2.45) is 11.7 Å². The number of rotatable bonds is 3. The van der Waals surface area contributed by atoms with Gasteiger partial charge < -0.3 is 5.73 Å². The zero-order chi connectivity index (χ0) is 14.3. The molecule has 3 aliphatic rings. The minimum Gasteiger partial charge on any atom is -0.329 e. The molecule has 2 fully saturated rings. The Hall–Kier alpha value is -0.860. The summed E-state index contributed by atoms with van der Waals surface area (Å²) in [5.74, 6) is 0.944. The molecule has 1 aromatic rings. The predicted molar refractivity (Wildman–Crippen MR) is 87.3 cm³/mol. The molecule has 1 aliphatic heterocycles. The van der Waals surface area contributed by atoms with Crippen LogP contribution in [0.2, 0.25) is 0 Å². The van der Waals surface area contributed by atoms with E-state index in [0.717, 1.165) is 18.5 Å². The molecule has 1 saturated carbocycles. The van der Waals surface area contributed by atoms with Crippen molar-refractivity contribution in [2.75, 3.05) is 13.1 Å². The van der Waals surface area contributed by atoms with Gasteiger partial charge in [-0.3, -0.25) is 4.90 Å². The molecule has 21 heavy (non-hydrogen) atoms. The standard InChI is InChI=1S/C19H28N2/c20-14-19(12-16-8-3-4-9-17(16)13-19)21-11-5-10-18(21)15-6-1-2-7-15/h3-4,8-9,15,18H,1-2,5-7,10-14,20H2. The molecule has 2 nitrogen and oxygen atoms in total. The van der Waals surface area contributed by atoms with Crippen LogP contribution in [-0.4, -0.2) is 29.6 Å². The number of benzene rings is 1. The van der Waals surface area contributed by atoms with Crippen molar-refractivity contribution < 1.29 is 0 Å². The van der Waals surface area contributed by atoms with Crippen molar-refractivity contribution >= 4 is 0 Å². The summed E-state index contributed by atoms with van der Waals surface area (Å²) < 4.78 is 0. The molecule has 1 saturated heterocycles. The van der Waals surface area contributed by atoms with Crippen LogP contribution in [0.15, 0.2) is 24.3 Å². The van der Waals surface area contributed by atoms with E-state index in [1.807, 2.05) is 0 Å². The Labute approximate surface area is 128 Å². The van der Waals surface area contributed by atoms with Crippen molar-refractivity contribution in [2.45, 2.75) is 62.9 Å². The molecule has 2 heteroatoms. The Kier molecular flexibility index (Phi) is 3.55. The normalized spacial score (nSPS) is 29.1. The first-order chi connectivity index (χ1) is 10.3. The smallest absolute Gasteiger partial charge is 0.0415 e. The summed E-state index contributed by atoms with van der Waals surface area (Å²) in [7, 11) is 0. The van der Waals surface area contributed by atoms with Gasteiger partial charge in [-0.2, -0.15) is 0 Å². The molecule has 0 amide bonds. The maximum absolute atomic E-state index is 6.35. The van der Waals surface area contributed by atoms with Gasteiger partial charge in [-0.1, -0.05) is 37.1 Å².